The molecule has 4 N–H and O–H groups in total. The van der Waals surface area contributed by atoms with E-state index in [0.717, 1.165) is 10.9 Å². The number of pyridine rings is 1. The van der Waals surface area contributed by atoms with Crippen molar-refractivity contribution >= 4 is 28.4 Å². The molecule has 2 aromatic carbocycles. The Balaban J connectivity index is 1.37. The van der Waals surface area contributed by atoms with Crippen LogP contribution < -0.4 is 20.9 Å². The molecular formula is C21H20N4O4. The minimum absolute atomic E-state index is 0.135. The fraction of sp³-hybridized carbons (Fsp3) is 0.190. The van der Waals surface area contributed by atoms with E-state index in [1.54, 1.807) is 35.9 Å². The molecule has 8 heteroatoms. The normalized spacial score (nSPS) is 18.4. The Kier molecular flexibility index (Phi) is 5.37. The second-order valence-corrected chi connectivity index (χ2v) is 6.77. The van der Waals surface area contributed by atoms with Crippen LogP contribution in [0.4, 0.5) is 5.69 Å². The predicted octanol–water partition coefficient (Wildman–Crippen LogP) is 2.10. The van der Waals surface area contributed by atoms with E-state index in [2.05, 4.69) is 15.6 Å². The van der Waals surface area contributed by atoms with Crippen LogP contribution in [0.25, 0.3) is 10.9 Å². The summed E-state index contributed by atoms with van der Waals surface area (Å²) in [5, 5.41) is 15.7. The number of carbonyl (C=O) groups is 2. The number of ether oxygens (including phenoxy) is 1. The molecule has 4 rings (SSSR count). The van der Waals surface area contributed by atoms with Crippen LogP contribution in [0.2, 0.25) is 0 Å². The fourth-order valence-corrected chi connectivity index (χ4v) is 3.36. The maximum Gasteiger partial charge on any atom is 0.274 e. The number of para-hydroxylation sites is 1. The highest BCUT2D eigenvalue weighted by molar-refractivity contribution is 6.02. The van der Waals surface area contributed by atoms with Gasteiger partial charge < -0.3 is 15.4 Å². The highest BCUT2D eigenvalue weighted by Gasteiger charge is 2.31. The predicted molar refractivity (Wildman–Crippen MR) is 107 cm³/mol. The lowest BCUT2D eigenvalue weighted by atomic mass is 10.1. The van der Waals surface area contributed by atoms with Crippen molar-refractivity contribution in [3.05, 3.63) is 66.4 Å². The van der Waals surface area contributed by atoms with E-state index in [1.807, 2.05) is 30.3 Å². The summed E-state index contributed by atoms with van der Waals surface area (Å²) in [5.74, 6) is -0.131. The molecule has 8 nitrogen and oxygen atoms in total. The van der Waals surface area contributed by atoms with Gasteiger partial charge in [-0.3, -0.25) is 19.8 Å². The topological polar surface area (TPSA) is 113 Å². The molecule has 0 radical (unpaired) electrons. The van der Waals surface area contributed by atoms with Crippen LogP contribution in [0.5, 0.6) is 5.75 Å². The van der Waals surface area contributed by atoms with Crippen molar-refractivity contribution in [2.75, 3.05) is 11.9 Å². The average Bonchev–Trinajstić information content (AvgIpc) is 3.22. The standard InChI is InChI=1S/C21H20N4O4/c26-20(25-28)14-6-8-15(9-7-14)29-16-11-18(23-12-16)21(27)24-17-5-1-3-13-4-2-10-22-19(13)17/h1-10,16,18,23,28H,11-12H2,(H,24,27)(H,25,26)/t16-,18-/m0/s1. The third kappa shape index (κ3) is 4.18. The summed E-state index contributed by atoms with van der Waals surface area (Å²) in [6.45, 7) is 0.532. The fourth-order valence-electron chi connectivity index (χ4n) is 3.36. The second-order valence-electron chi connectivity index (χ2n) is 6.77. The first-order valence-electron chi connectivity index (χ1n) is 9.23. The van der Waals surface area contributed by atoms with Gasteiger partial charge in [0, 0.05) is 30.1 Å². The molecular weight excluding hydrogens is 372 g/mol. The largest absolute Gasteiger partial charge is 0.489 e. The number of carbonyl (C=O) groups excluding carboxylic acids is 2. The van der Waals surface area contributed by atoms with E-state index in [4.69, 9.17) is 9.94 Å². The van der Waals surface area contributed by atoms with Gasteiger partial charge in [0.15, 0.2) is 0 Å². The Morgan fingerprint density at radius 3 is 2.69 bits per heavy atom. The SMILES string of the molecule is O=C(NO)c1ccc(O[C@@H]2CN[C@H](C(=O)Nc3cccc4cccnc34)C2)cc1. The summed E-state index contributed by atoms with van der Waals surface area (Å²) in [6.07, 6.45) is 2.04. The monoisotopic (exact) mass is 392 g/mol. The van der Waals surface area contributed by atoms with Crippen molar-refractivity contribution in [2.45, 2.75) is 18.6 Å². The van der Waals surface area contributed by atoms with Crippen LogP contribution in [-0.2, 0) is 4.79 Å². The molecule has 0 spiro atoms. The van der Waals surface area contributed by atoms with Gasteiger partial charge in [-0.25, -0.2) is 5.48 Å². The number of hydrogen-bond donors (Lipinski definition) is 4. The lowest BCUT2D eigenvalue weighted by molar-refractivity contribution is -0.117. The number of fused-ring (bicyclic) bond motifs is 1. The second kappa shape index (κ2) is 8.26. The maximum atomic E-state index is 12.7. The van der Waals surface area contributed by atoms with E-state index in [0.29, 0.717) is 30.0 Å². The summed E-state index contributed by atoms with van der Waals surface area (Å²) in [5.41, 5.74) is 3.34. The van der Waals surface area contributed by atoms with Crippen molar-refractivity contribution in [1.29, 1.82) is 0 Å². The molecule has 1 aliphatic rings. The minimum atomic E-state index is -0.584. The molecule has 3 aromatic rings. The summed E-state index contributed by atoms with van der Waals surface area (Å²) in [7, 11) is 0. The number of amides is 2. The van der Waals surface area contributed by atoms with Gasteiger partial charge in [0.05, 0.1) is 17.2 Å². The number of nitrogens with zero attached hydrogens (tertiary/aromatic N) is 1. The zero-order valence-corrected chi connectivity index (χ0v) is 15.5. The zero-order chi connectivity index (χ0) is 20.2. The van der Waals surface area contributed by atoms with Crippen LogP contribution in [0.1, 0.15) is 16.8 Å². The summed E-state index contributed by atoms with van der Waals surface area (Å²) >= 11 is 0. The third-order valence-electron chi connectivity index (χ3n) is 4.82. The van der Waals surface area contributed by atoms with Crippen molar-refractivity contribution in [1.82, 2.24) is 15.8 Å². The van der Waals surface area contributed by atoms with Gasteiger partial charge in [-0.15, -0.1) is 0 Å². The molecule has 1 fully saturated rings. The van der Waals surface area contributed by atoms with E-state index >= 15 is 0 Å². The van der Waals surface area contributed by atoms with E-state index < -0.39 is 5.91 Å². The lowest BCUT2D eigenvalue weighted by Gasteiger charge is -2.14. The Labute approximate surface area is 166 Å². The molecule has 2 atom stereocenters. The Morgan fingerprint density at radius 1 is 1.10 bits per heavy atom. The quantitative estimate of drug-likeness (QED) is 0.391. The minimum Gasteiger partial charge on any atom is -0.489 e. The molecule has 29 heavy (non-hydrogen) atoms. The molecule has 1 aromatic heterocycles. The van der Waals surface area contributed by atoms with Gasteiger partial charge in [-0.2, -0.15) is 0 Å². The van der Waals surface area contributed by atoms with Crippen LogP contribution >= 0.6 is 0 Å². The molecule has 2 amide bonds. The molecule has 0 saturated carbocycles. The highest BCUT2D eigenvalue weighted by Crippen LogP contribution is 2.22. The first-order chi connectivity index (χ1) is 14.1. The van der Waals surface area contributed by atoms with Crippen LogP contribution in [-0.4, -0.2) is 40.7 Å². The molecule has 1 saturated heterocycles. The number of benzene rings is 2. The number of anilines is 1. The van der Waals surface area contributed by atoms with E-state index in [1.165, 1.54) is 0 Å². The van der Waals surface area contributed by atoms with Crippen molar-refractivity contribution < 1.29 is 19.5 Å². The Bertz CT molecular complexity index is 1030. The molecule has 0 aliphatic carbocycles. The molecule has 0 unspecified atom stereocenters. The average molecular weight is 392 g/mol. The highest BCUT2D eigenvalue weighted by atomic mass is 16.5. The van der Waals surface area contributed by atoms with Crippen LogP contribution in [0, 0.1) is 0 Å². The first kappa shape index (κ1) is 18.9. The van der Waals surface area contributed by atoms with Gasteiger partial charge in [0.25, 0.3) is 5.91 Å². The number of rotatable bonds is 5. The third-order valence-corrected chi connectivity index (χ3v) is 4.82. The Hall–Kier alpha value is -3.49. The zero-order valence-electron chi connectivity index (χ0n) is 15.5. The summed E-state index contributed by atoms with van der Waals surface area (Å²) in [4.78, 5) is 28.4. The van der Waals surface area contributed by atoms with E-state index in [-0.39, 0.29) is 18.1 Å². The first-order valence-corrected chi connectivity index (χ1v) is 9.23. The van der Waals surface area contributed by atoms with Crippen molar-refractivity contribution in [3.63, 3.8) is 0 Å². The molecule has 2 heterocycles. The van der Waals surface area contributed by atoms with Crippen LogP contribution in [0.15, 0.2) is 60.8 Å². The van der Waals surface area contributed by atoms with Crippen molar-refractivity contribution in [3.8, 4) is 5.75 Å². The number of hydroxylamine groups is 1. The van der Waals surface area contributed by atoms with E-state index in [9.17, 15) is 9.59 Å². The van der Waals surface area contributed by atoms with Gasteiger partial charge in [0.1, 0.15) is 11.9 Å². The maximum absolute atomic E-state index is 12.7. The summed E-state index contributed by atoms with van der Waals surface area (Å²) < 4.78 is 5.90. The summed E-state index contributed by atoms with van der Waals surface area (Å²) in [6, 6.07) is 15.5. The smallest absolute Gasteiger partial charge is 0.274 e. The van der Waals surface area contributed by atoms with Gasteiger partial charge in [-0.1, -0.05) is 18.2 Å². The van der Waals surface area contributed by atoms with Gasteiger partial charge >= 0.3 is 0 Å². The van der Waals surface area contributed by atoms with Crippen molar-refractivity contribution in [2.24, 2.45) is 0 Å². The molecule has 1 aliphatic heterocycles. The van der Waals surface area contributed by atoms with Gasteiger partial charge in [0.2, 0.25) is 5.91 Å². The number of nitrogens with one attached hydrogen (secondary N) is 3. The van der Waals surface area contributed by atoms with Gasteiger partial charge in [-0.05, 0) is 36.4 Å². The molecule has 148 valence electrons. The lowest BCUT2D eigenvalue weighted by Crippen LogP contribution is -2.35. The number of aromatic nitrogens is 1. The van der Waals surface area contributed by atoms with Crippen LogP contribution in [0.3, 0.4) is 0 Å². The number of hydrogen-bond acceptors (Lipinski definition) is 6. The Morgan fingerprint density at radius 2 is 1.90 bits per heavy atom. The molecule has 0 bridgehead atoms.